The van der Waals surface area contributed by atoms with Crippen LogP contribution in [0.2, 0.25) is 0 Å². The van der Waals surface area contributed by atoms with Gasteiger partial charge in [0.15, 0.2) is 0 Å². The van der Waals surface area contributed by atoms with E-state index in [0.29, 0.717) is 17.0 Å². The molecule has 6 heteroatoms. The predicted octanol–water partition coefficient (Wildman–Crippen LogP) is 1.67. The highest BCUT2D eigenvalue weighted by molar-refractivity contribution is 8.00. The highest BCUT2D eigenvalue weighted by Gasteiger charge is 2.19. The van der Waals surface area contributed by atoms with E-state index in [4.69, 9.17) is 11.0 Å². The second-order valence-corrected chi connectivity index (χ2v) is 4.78. The van der Waals surface area contributed by atoms with Gasteiger partial charge in [0.1, 0.15) is 16.5 Å². The molecule has 3 N–H and O–H groups in total. The van der Waals surface area contributed by atoms with Crippen molar-refractivity contribution in [1.29, 1.82) is 5.26 Å². The van der Waals surface area contributed by atoms with Crippen LogP contribution in [0.1, 0.15) is 22.2 Å². The summed E-state index contributed by atoms with van der Waals surface area (Å²) in [6.45, 7) is 2.38. The Hall–Kier alpha value is -1.19. The summed E-state index contributed by atoms with van der Waals surface area (Å²) in [5.74, 6) is -0.211. The van der Waals surface area contributed by atoms with Gasteiger partial charge in [-0.1, -0.05) is 0 Å². The fraction of sp³-hybridized carbons (Fsp3) is 0.333. The van der Waals surface area contributed by atoms with Crippen LogP contribution in [-0.4, -0.2) is 18.7 Å². The van der Waals surface area contributed by atoms with Crippen LogP contribution in [0.3, 0.4) is 0 Å². The van der Waals surface area contributed by atoms with Crippen molar-refractivity contribution < 1.29 is 4.79 Å². The Morgan fingerprint density at radius 3 is 2.80 bits per heavy atom. The summed E-state index contributed by atoms with van der Waals surface area (Å²) < 4.78 is 0.788. The number of nitrogens with two attached hydrogens (primary N) is 1. The number of anilines is 1. The van der Waals surface area contributed by atoms with Gasteiger partial charge in [-0.3, -0.25) is 4.79 Å². The fourth-order valence-corrected chi connectivity index (χ4v) is 2.84. The standard InChI is InChI=1S/C9H11N3OS2/c1-3-12-8(13)7-6(11)5(4-10)9(14-2)15-7/h3,11H2,1-2H3,(H,12,13). The molecule has 1 rings (SSSR count). The largest absolute Gasteiger partial charge is 0.396 e. The maximum absolute atomic E-state index is 11.6. The summed E-state index contributed by atoms with van der Waals surface area (Å²) in [5, 5.41) is 11.6. The van der Waals surface area contributed by atoms with Crippen molar-refractivity contribution >= 4 is 34.7 Å². The Labute approximate surface area is 96.5 Å². The minimum atomic E-state index is -0.211. The normalized spacial score (nSPS) is 9.67. The average molecular weight is 241 g/mol. The van der Waals surface area contributed by atoms with Gasteiger partial charge in [0.2, 0.25) is 0 Å². The van der Waals surface area contributed by atoms with E-state index in [1.165, 1.54) is 23.1 Å². The van der Waals surface area contributed by atoms with Crippen LogP contribution in [0.5, 0.6) is 0 Å². The van der Waals surface area contributed by atoms with Gasteiger partial charge in [-0.25, -0.2) is 0 Å². The first-order chi connectivity index (χ1) is 7.15. The summed E-state index contributed by atoms with van der Waals surface area (Å²) >= 11 is 2.69. The molecule has 0 saturated heterocycles. The van der Waals surface area contributed by atoms with E-state index in [0.717, 1.165) is 4.21 Å². The van der Waals surface area contributed by atoms with Crippen molar-refractivity contribution in [2.75, 3.05) is 18.5 Å². The lowest BCUT2D eigenvalue weighted by atomic mass is 10.2. The molecule has 1 heterocycles. The Morgan fingerprint density at radius 1 is 1.73 bits per heavy atom. The van der Waals surface area contributed by atoms with E-state index in [2.05, 4.69) is 5.32 Å². The van der Waals surface area contributed by atoms with Crippen molar-refractivity contribution in [2.24, 2.45) is 0 Å². The molecular formula is C9H11N3OS2. The Balaban J connectivity index is 3.16. The fourth-order valence-electron chi connectivity index (χ4n) is 1.08. The van der Waals surface area contributed by atoms with E-state index in [1.54, 1.807) is 0 Å². The molecular weight excluding hydrogens is 230 g/mol. The topological polar surface area (TPSA) is 78.9 Å². The van der Waals surface area contributed by atoms with Gasteiger partial charge in [-0.2, -0.15) is 5.26 Å². The number of amides is 1. The minimum Gasteiger partial charge on any atom is -0.396 e. The molecule has 0 saturated carbocycles. The number of rotatable bonds is 3. The predicted molar refractivity (Wildman–Crippen MR) is 63.2 cm³/mol. The lowest BCUT2D eigenvalue weighted by molar-refractivity contribution is 0.0960. The zero-order valence-corrected chi connectivity index (χ0v) is 10.1. The van der Waals surface area contributed by atoms with E-state index >= 15 is 0 Å². The second kappa shape index (κ2) is 5.05. The van der Waals surface area contributed by atoms with E-state index in [-0.39, 0.29) is 11.6 Å². The van der Waals surface area contributed by atoms with Gasteiger partial charge in [0, 0.05) is 6.54 Å². The number of carbonyl (C=O) groups excluding carboxylic acids is 1. The van der Waals surface area contributed by atoms with E-state index in [1.807, 2.05) is 19.2 Å². The Morgan fingerprint density at radius 2 is 2.40 bits per heavy atom. The maximum Gasteiger partial charge on any atom is 0.263 e. The third-order valence-electron chi connectivity index (χ3n) is 1.75. The summed E-state index contributed by atoms with van der Waals surface area (Å²) in [6.07, 6.45) is 1.85. The highest BCUT2D eigenvalue weighted by atomic mass is 32.2. The molecule has 0 aliphatic rings. The Bertz CT molecular complexity index is 420. The van der Waals surface area contributed by atoms with Crippen LogP contribution in [-0.2, 0) is 0 Å². The van der Waals surface area contributed by atoms with Crippen LogP contribution in [0, 0.1) is 11.3 Å². The Kier molecular flexibility index (Phi) is 4.00. The van der Waals surface area contributed by atoms with Gasteiger partial charge >= 0.3 is 0 Å². The van der Waals surface area contributed by atoms with Gasteiger partial charge in [0.05, 0.1) is 9.90 Å². The van der Waals surface area contributed by atoms with E-state index < -0.39 is 0 Å². The number of nitrogens with zero attached hydrogens (tertiary/aromatic N) is 1. The van der Waals surface area contributed by atoms with Crippen molar-refractivity contribution in [3.05, 3.63) is 10.4 Å². The van der Waals surface area contributed by atoms with Gasteiger partial charge in [-0.15, -0.1) is 23.1 Å². The number of thiophene rings is 1. The zero-order chi connectivity index (χ0) is 11.4. The molecule has 0 aliphatic carbocycles. The van der Waals surface area contributed by atoms with Crippen LogP contribution in [0.4, 0.5) is 5.69 Å². The molecule has 0 aliphatic heterocycles. The molecule has 0 aromatic carbocycles. The molecule has 0 bridgehead atoms. The first kappa shape index (κ1) is 11.9. The van der Waals surface area contributed by atoms with Crippen LogP contribution >= 0.6 is 23.1 Å². The second-order valence-electron chi connectivity index (χ2n) is 2.68. The van der Waals surface area contributed by atoms with Crippen LogP contribution < -0.4 is 11.1 Å². The molecule has 4 nitrogen and oxygen atoms in total. The smallest absolute Gasteiger partial charge is 0.263 e. The summed E-state index contributed by atoms with van der Waals surface area (Å²) in [7, 11) is 0. The molecule has 1 amide bonds. The van der Waals surface area contributed by atoms with Crippen molar-refractivity contribution in [3.8, 4) is 6.07 Å². The number of hydrogen-bond acceptors (Lipinski definition) is 5. The number of nitriles is 1. The van der Waals surface area contributed by atoms with Crippen molar-refractivity contribution in [1.82, 2.24) is 5.32 Å². The third kappa shape index (κ3) is 2.25. The summed E-state index contributed by atoms with van der Waals surface area (Å²) in [6, 6.07) is 2.02. The van der Waals surface area contributed by atoms with Crippen molar-refractivity contribution in [2.45, 2.75) is 11.1 Å². The summed E-state index contributed by atoms with van der Waals surface area (Å²) in [4.78, 5) is 12.0. The molecule has 15 heavy (non-hydrogen) atoms. The zero-order valence-electron chi connectivity index (χ0n) is 8.46. The lowest BCUT2D eigenvalue weighted by Gasteiger charge is -1.99. The summed E-state index contributed by atoms with van der Waals surface area (Å²) in [5.41, 5.74) is 6.44. The van der Waals surface area contributed by atoms with Gasteiger partial charge in [-0.05, 0) is 13.2 Å². The van der Waals surface area contributed by atoms with Crippen LogP contribution in [0.15, 0.2) is 4.21 Å². The number of hydrogen-bond donors (Lipinski definition) is 2. The molecule has 0 fully saturated rings. The number of nitrogen functional groups attached to an aromatic ring is 1. The molecule has 1 aromatic heterocycles. The molecule has 0 radical (unpaired) electrons. The molecule has 80 valence electrons. The quantitative estimate of drug-likeness (QED) is 0.789. The maximum atomic E-state index is 11.6. The number of nitrogens with one attached hydrogen (secondary N) is 1. The third-order valence-corrected chi connectivity index (χ3v) is 4.08. The van der Waals surface area contributed by atoms with E-state index in [9.17, 15) is 4.79 Å². The van der Waals surface area contributed by atoms with Gasteiger partial charge in [0.25, 0.3) is 5.91 Å². The number of carbonyl (C=O) groups is 1. The molecule has 0 spiro atoms. The van der Waals surface area contributed by atoms with Crippen molar-refractivity contribution in [3.63, 3.8) is 0 Å². The van der Waals surface area contributed by atoms with Crippen LogP contribution in [0.25, 0.3) is 0 Å². The lowest BCUT2D eigenvalue weighted by Crippen LogP contribution is -2.22. The molecule has 0 unspecified atom stereocenters. The SMILES string of the molecule is CCNC(=O)c1sc(SC)c(C#N)c1N. The first-order valence-corrected chi connectivity index (χ1v) is 6.34. The minimum absolute atomic E-state index is 0.211. The number of thioether (sulfide) groups is 1. The molecule has 0 atom stereocenters. The first-order valence-electron chi connectivity index (χ1n) is 4.30. The monoisotopic (exact) mass is 241 g/mol. The van der Waals surface area contributed by atoms with Gasteiger partial charge < -0.3 is 11.1 Å². The highest BCUT2D eigenvalue weighted by Crippen LogP contribution is 2.36. The average Bonchev–Trinajstić information content (AvgIpc) is 2.55. The molecule has 1 aromatic rings.